The van der Waals surface area contributed by atoms with E-state index in [1.54, 1.807) is 31.2 Å². The maximum Gasteiger partial charge on any atom is 0.340 e. The van der Waals surface area contributed by atoms with E-state index in [9.17, 15) is 9.59 Å². The van der Waals surface area contributed by atoms with E-state index in [1.165, 1.54) is 0 Å². The molecule has 132 valence electrons. The van der Waals surface area contributed by atoms with Gasteiger partial charge in [-0.05, 0) is 56.2 Å². The van der Waals surface area contributed by atoms with Crippen LogP contribution in [0.1, 0.15) is 34.8 Å². The minimum absolute atomic E-state index is 0.185. The first-order valence-corrected chi connectivity index (χ1v) is 8.26. The molecule has 0 radical (unpaired) electrons. The summed E-state index contributed by atoms with van der Waals surface area (Å²) in [5.41, 5.74) is 3.01. The lowest BCUT2D eigenvalue weighted by Gasteiger charge is -2.11. The number of hydrogen-bond donors (Lipinski definition) is 1. The van der Waals surface area contributed by atoms with Gasteiger partial charge in [-0.15, -0.1) is 0 Å². The van der Waals surface area contributed by atoms with Crippen molar-refractivity contribution in [3.05, 3.63) is 59.2 Å². The highest BCUT2D eigenvalue weighted by atomic mass is 16.5. The molecule has 0 aliphatic heterocycles. The summed E-state index contributed by atoms with van der Waals surface area (Å²) in [5.74, 6) is 0.0724. The van der Waals surface area contributed by atoms with E-state index in [0.29, 0.717) is 11.3 Å². The van der Waals surface area contributed by atoms with Gasteiger partial charge in [0.15, 0.2) is 0 Å². The van der Waals surface area contributed by atoms with Crippen LogP contribution in [-0.2, 0) is 9.53 Å². The smallest absolute Gasteiger partial charge is 0.340 e. The van der Waals surface area contributed by atoms with Crippen molar-refractivity contribution < 1.29 is 19.1 Å². The van der Waals surface area contributed by atoms with Crippen molar-refractivity contribution in [1.82, 2.24) is 0 Å². The van der Waals surface area contributed by atoms with Gasteiger partial charge < -0.3 is 14.8 Å². The Kier molecular flexibility index (Phi) is 6.57. The predicted octanol–water partition coefficient (Wildman–Crippen LogP) is 3.89. The molecule has 2 aromatic rings. The number of anilines is 1. The van der Waals surface area contributed by atoms with E-state index < -0.39 is 5.97 Å². The minimum Gasteiger partial charge on any atom is -0.493 e. The second-order valence-electron chi connectivity index (χ2n) is 5.74. The molecular formula is C20H23NO4. The Balaban J connectivity index is 1.91. The number of ether oxygens (including phenoxy) is 2. The number of nitrogens with one attached hydrogen (secondary N) is 1. The molecule has 0 unspecified atom stereocenters. The SMILES string of the molecule is CCOC(=O)c1ccccc1NC(=O)CCOc1cc(C)cc(C)c1. The van der Waals surface area contributed by atoms with Crippen LogP contribution < -0.4 is 10.1 Å². The molecule has 0 atom stereocenters. The number of carbonyl (C=O) groups excluding carboxylic acids is 2. The van der Waals surface area contributed by atoms with Gasteiger partial charge >= 0.3 is 5.97 Å². The second kappa shape index (κ2) is 8.87. The van der Waals surface area contributed by atoms with Crippen LogP contribution in [0.2, 0.25) is 0 Å². The van der Waals surface area contributed by atoms with Crippen molar-refractivity contribution >= 4 is 17.6 Å². The number of carbonyl (C=O) groups is 2. The first-order chi connectivity index (χ1) is 12.0. The minimum atomic E-state index is -0.454. The fourth-order valence-corrected chi connectivity index (χ4v) is 2.47. The van der Waals surface area contributed by atoms with E-state index in [0.717, 1.165) is 16.9 Å². The molecule has 0 bridgehead atoms. The zero-order valence-electron chi connectivity index (χ0n) is 14.8. The Hall–Kier alpha value is -2.82. The summed E-state index contributed by atoms with van der Waals surface area (Å²) in [6.07, 6.45) is 0.185. The predicted molar refractivity (Wildman–Crippen MR) is 97.1 cm³/mol. The van der Waals surface area contributed by atoms with Crippen LogP contribution in [0.3, 0.4) is 0 Å². The van der Waals surface area contributed by atoms with Crippen LogP contribution in [0, 0.1) is 13.8 Å². The maximum absolute atomic E-state index is 12.1. The fraction of sp³-hybridized carbons (Fsp3) is 0.300. The summed E-state index contributed by atoms with van der Waals surface area (Å²) in [7, 11) is 0. The lowest BCUT2D eigenvalue weighted by molar-refractivity contribution is -0.116. The number of amides is 1. The Morgan fingerprint density at radius 2 is 1.72 bits per heavy atom. The molecule has 5 heteroatoms. The van der Waals surface area contributed by atoms with Gasteiger partial charge in [0.2, 0.25) is 5.91 Å². The molecule has 0 saturated heterocycles. The van der Waals surface area contributed by atoms with E-state index >= 15 is 0 Å². The molecular weight excluding hydrogens is 318 g/mol. The molecule has 25 heavy (non-hydrogen) atoms. The van der Waals surface area contributed by atoms with Gasteiger partial charge in [-0.25, -0.2) is 4.79 Å². The standard InChI is InChI=1S/C20H23NO4/c1-4-24-20(23)17-7-5-6-8-18(17)21-19(22)9-10-25-16-12-14(2)11-15(3)13-16/h5-8,11-13H,4,9-10H2,1-3H3,(H,21,22). The highest BCUT2D eigenvalue weighted by Crippen LogP contribution is 2.18. The van der Waals surface area contributed by atoms with Gasteiger partial charge in [0.25, 0.3) is 0 Å². The van der Waals surface area contributed by atoms with Crippen molar-refractivity contribution in [2.45, 2.75) is 27.2 Å². The Labute approximate surface area is 148 Å². The van der Waals surface area contributed by atoms with Gasteiger partial charge in [0.05, 0.1) is 30.9 Å². The zero-order valence-corrected chi connectivity index (χ0v) is 14.8. The van der Waals surface area contributed by atoms with Crippen molar-refractivity contribution in [1.29, 1.82) is 0 Å². The Morgan fingerprint density at radius 3 is 2.40 bits per heavy atom. The third-order valence-corrected chi connectivity index (χ3v) is 3.49. The number of hydrogen-bond acceptors (Lipinski definition) is 4. The highest BCUT2D eigenvalue weighted by Gasteiger charge is 2.13. The molecule has 2 aromatic carbocycles. The molecule has 5 nitrogen and oxygen atoms in total. The van der Waals surface area contributed by atoms with Gasteiger partial charge in [-0.2, -0.15) is 0 Å². The average molecular weight is 341 g/mol. The van der Waals surface area contributed by atoms with E-state index in [-0.39, 0.29) is 25.5 Å². The number of aryl methyl sites for hydroxylation is 2. The maximum atomic E-state index is 12.1. The Morgan fingerprint density at radius 1 is 1.04 bits per heavy atom. The number of para-hydroxylation sites is 1. The summed E-state index contributed by atoms with van der Waals surface area (Å²) in [6, 6.07) is 12.7. The largest absolute Gasteiger partial charge is 0.493 e. The summed E-state index contributed by atoms with van der Waals surface area (Å²) >= 11 is 0. The fourth-order valence-electron chi connectivity index (χ4n) is 2.47. The lowest BCUT2D eigenvalue weighted by Crippen LogP contribution is -2.18. The van der Waals surface area contributed by atoms with Gasteiger partial charge in [0, 0.05) is 0 Å². The summed E-state index contributed by atoms with van der Waals surface area (Å²) in [6.45, 7) is 6.28. The molecule has 0 aliphatic carbocycles. The molecule has 0 fully saturated rings. The molecule has 0 aliphatic rings. The molecule has 1 N–H and O–H groups in total. The first kappa shape index (κ1) is 18.5. The van der Waals surface area contributed by atoms with Crippen LogP contribution in [0.25, 0.3) is 0 Å². The zero-order chi connectivity index (χ0) is 18.2. The Bertz CT molecular complexity index is 735. The summed E-state index contributed by atoms with van der Waals surface area (Å²) in [5, 5.41) is 2.74. The average Bonchev–Trinajstić information content (AvgIpc) is 2.54. The molecule has 0 spiro atoms. The molecule has 1 amide bonds. The van der Waals surface area contributed by atoms with E-state index in [4.69, 9.17) is 9.47 Å². The molecule has 2 rings (SSSR count). The van der Waals surface area contributed by atoms with Crippen LogP contribution >= 0.6 is 0 Å². The van der Waals surface area contributed by atoms with Crippen LogP contribution in [0.15, 0.2) is 42.5 Å². The van der Waals surface area contributed by atoms with E-state index in [2.05, 4.69) is 11.4 Å². The highest BCUT2D eigenvalue weighted by molar-refractivity contribution is 6.01. The topological polar surface area (TPSA) is 64.6 Å². The van der Waals surface area contributed by atoms with Crippen molar-refractivity contribution in [3.63, 3.8) is 0 Å². The second-order valence-corrected chi connectivity index (χ2v) is 5.74. The van der Waals surface area contributed by atoms with E-state index in [1.807, 2.05) is 26.0 Å². The lowest BCUT2D eigenvalue weighted by atomic mass is 10.1. The van der Waals surface area contributed by atoms with Crippen molar-refractivity contribution in [2.75, 3.05) is 18.5 Å². The number of esters is 1. The monoisotopic (exact) mass is 341 g/mol. The van der Waals surface area contributed by atoms with Crippen LogP contribution in [-0.4, -0.2) is 25.1 Å². The van der Waals surface area contributed by atoms with Gasteiger partial charge in [-0.3, -0.25) is 4.79 Å². The molecule has 0 heterocycles. The normalized spacial score (nSPS) is 10.2. The van der Waals surface area contributed by atoms with Crippen molar-refractivity contribution in [3.8, 4) is 5.75 Å². The van der Waals surface area contributed by atoms with Gasteiger partial charge in [-0.1, -0.05) is 18.2 Å². The number of benzene rings is 2. The first-order valence-electron chi connectivity index (χ1n) is 8.26. The molecule has 0 aromatic heterocycles. The summed E-state index contributed by atoms with van der Waals surface area (Å²) < 4.78 is 10.6. The number of rotatable bonds is 7. The summed E-state index contributed by atoms with van der Waals surface area (Å²) in [4.78, 5) is 24.0. The van der Waals surface area contributed by atoms with Crippen LogP contribution in [0.5, 0.6) is 5.75 Å². The van der Waals surface area contributed by atoms with Crippen LogP contribution in [0.4, 0.5) is 5.69 Å². The third kappa shape index (κ3) is 5.64. The quantitative estimate of drug-likeness (QED) is 0.776. The van der Waals surface area contributed by atoms with Gasteiger partial charge in [0.1, 0.15) is 5.75 Å². The van der Waals surface area contributed by atoms with Crippen molar-refractivity contribution in [2.24, 2.45) is 0 Å². The third-order valence-electron chi connectivity index (χ3n) is 3.49. The molecule has 0 saturated carbocycles.